The summed E-state index contributed by atoms with van der Waals surface area (Å²) < 4.78 is 5.22. The molecule has 0 rings (SSSR count). The summed E-state index contributed by atoms with van der Waals surface area (Å²) in [6.45, 7) is 11.0. The van der Waals surface area contributed by atoms with E-state index in [0.29, 0.717) is 0 Å². The number of aliphatic carboxylic acids is 1. The van der Waals surface area contributed by atoms with Gasteiger partial charge in [0.25, 0.3) is 5.97 Å². The Morgan fingerprint density at radius 1 is 1.25 bits per heavy atom. The van der Waals surface area contributed by atoms with Gasteiger partial charge in [-0.05, 0) is 12.8 Å². The molecular formula is C12H24O4. The molecule has 0 amide bonds. The highest BCUT2D eigenvalue weighted by atomic mass is 16.5. The second-order valence-electron chi connectivity index (χ2n) is 4.37. The van der Waals surface area contributed by atoms with E-state index in [1.807, 2.05) is 6.92 Å². The largest absolute Gasteiger partial charge is 0.481 e. The van der Waals surface area contributed by atoms with Crippen LogP contribution in [-0.2, 0) is 14.3 Å². The summed E-state index contributed by atoms with van der Waals surface area (Å²) in [7, 11) is 0. The number of ether oxygens (including phenoxy) is 1. The van der Waals surface area contributed by atoms with Gasteiger partial charge in [0.1, 0.15) is 6.10 Å². The Labute approximate surface area is 98.0 Å². The highest BCUT2D eigenvalue weighted by Gasteiger charge is 2.28. The maximum absolute atomic E-state index is 10.8. The molecule has 0 fully saturated rings. The Morgan fingerprint density at radius 2 is 1.62 bits per heavy atom. The van der Waals surface area contributed by atoms with Crippen LogP contribution in [0.3, 0.4) is 0 Å². The first-order valence-electron chi connectivity index (χ1n) is 5.54. The smallest absolute Gasteiger partial charge is 0.302 e. The molecule has 4 heteroatoms. The highest BCUT2D eigenvalue weighted by Crippen LogP contribution is 2.29. The number of hydrogen-bond donors (Lipinski definition) is 1. The van der Waals surface area contributed by atoms with E-state index in [1.165, 1.54) is 6.92 Å². The van der Waals surface area contributed by atoms with E-state index in [-0.39, 0.29) is 17.5 Å². The van der Waals surface area contributed by atoms with Crippen LogP contribution in [0.5, 0.6) is 0 Å². The molecule has 0 aliphatic heterocycles. The van der Waals surface area contributed by atoms with Crippen LogP contribution in [0, 0.1) is 5.41 Å². The lowest BCUT2D eigenvalue weighted by molar-refractivity contribution is -0.152. The van der Waals surface area contributed by atoms with E-state index in [1.54, 1.807) is 0 Å². The van der Waals surface area contributed by atoms with Crippen molar-refractivity contribution in [3.05, 3.63) is 0 Å². The van der Waals surface area contributed by atoms with Crippen molar-refractivity contribution in [2.45, 2.75) is 60.5 Å². The lowest BCUT2D eigenvalue weighted by Gasteiger charge is -2.31. The van der Waals surface area contributed by atoms with Gasteiger partial charge in [0.2, 0.25) is 0 Å². The topological polar surface area (TPSA) is 63.6 Å². The van der Waals surface area contributed by atoms with Crippen molar-refractivity contribution in [3.8, 4) is 0 Å². The molecule has 1 unspecified atom stereocenters. The first-order chi connectivity index (χ1) is 7.17. The van der Waals surface area contributed by atoms with E-state index in [9.17, 15) is 4.79 Å². The lowest BCUT2D eigenvalue weighted by Crippen LogP contribution is -2.32. The van der Waals surface area contributed by atoms with Crippen LogP contribution in [-0.4, -0.2) is 23.1 Å². The monoisotopic (exact) mass is 232 g/mol. The minimum atomic E-state index is -0.833. The second-order valence-corrected chi connectivity index (χ2v) is 4.37. The quantitative estimate of drug-likeness (QED) is 0.757. The minimum absolute atomic E-state index is 0.0556. The van der Waals surface area contributed by atoms with Gasteiger partial charge >= 0.3 is 5.97 Å². The van der Waals surface area contributed by atoms with Crippen LogP contribution in [0.4, 0.5) is 0 Å². The van der Waals surface area contributed by atoms with Gasteiger partial charge in [0, 0.05) is 19.3 Å². The van der Waals surface area contributed by atoms with Gasteiger partial charge < -0.3 is 9.84 Å². The number of rotatable bonds is 4. The van der Waals surface area contributed by atoms with Crippen molar-refractivity contribution in [3.63, 3.8) is 0 Å². The second kappa shape index (κ2) is 8.13. The standard InChI is InChI=1S/C10H20O2.C2H4O2/c1-6-9(12-8(3)11)10(4,5)7-2;1-2(3)4/h9H,6-7H2,1-5H3;1H3,(H,3,4). The zero-order valence-electron chi connectivity index (χ0n) is 11.2. The summed E-state index contributed by atoms with van der Waals surface area (Å²) in [5.41, 5.74) is 0.0976. The minimum Gasteiger partial charge on any atom is -0.481 e. The summed E-state index contributed by atoms with van der Waals surface area (Å²) in [5.74, 6) is -1.01. The molecule has 0 radical (unpaired) electrons. The molecule has 0 saturated heterocycles. The van der Waals surface area contributed by atoms with Gasteiger partial charge in [-0.3, -0.25) is 9.59 Å². The van der Waals surface area contributed by atoms with Gasteiger partial charge in [0.05, 0.1) is 0 Å². The van der Waals surface area contributed by atoms with E-state index in [0.717, 1.165) is 19.8 Å². The molecular weight excluding hydrogens is 208 g/mol. The van der Waals surface area contributed by atoms with E-state index < -0.39 is 5.97 Å². The van der Waals surface area contributed by atoms with Crippen LogP contribution >= 0.6 is 0 Å². The maximum Gasteiger partial charge on any atom is 0.302 e. The summed E-state index contributed by atoms with van der Waals surface area (Å²) >= 11 is 0. The number of carboxylic acids is 1. The third-order valence-electron chi connectivity index (χ3n) is 2.46. The lowest BCUT2D eigenvalue weighted by atomic mass is 9.82. The summed E-state index contributed by atoms with van der Waals surface area (Å²) in [4.78, 5) is 19.8. The van der Waals surface area contributed by atoms with E-state index >= 15 is 0 Å². The van der Waals surface area contributed by atoms with Crippen LogP contribution < -0.4 is 0 Å². The molecule has 0 heterocycles. The summed E-state index contributed by atoms with van der Waals surface area (Å²) in [5, 5.41) is 7.42. The van der Waals surface area contributed by atoms with Gasteiger partial charge in [-0.15, -0.1) is 0 Å². The van der Waals surface area contributed by atoms with Crippen molar-refractivity contribution in [2.75, 3.05) is 0 Å². The SMILES string of the molecule is CC(=O)O.CCC(OC(C)=O)C(C)(C)CC. The molecule has 96 valence electrons. The first-order valence-corrected chi connectivity index (χ1v) is 5.54. The molecule has 16 heavy (non-hydrogen) atoms. The third kappa shape index (κ3) is 9.49. The van der Waals surface area contributed by atoms with Crippen LogP contribution in [0.25, 0.3) is 0 Å². The Balaban J connectivity index is 0. The Bertz CT molecular complexity index is 217. The molecule has 0 aromatic heterocycles. The fraction of sp³-hybridized carbons (Fsp3) is 0.833. The van der Waals surface area contributed by atoms with Gasteiger partial charge in [0.15, 0.2) is 0 Å². The highest BCUT2D eigenvalue weighted by molar-refractivity contribution is 5.66. The van der Waals surface area contributed by atoms with Crippen molar-refractivity contribution in [1.29, 1.82) is 0 Å². The number of carbonyl (C=O) groups excluding carboxylic acids is 1. The zero-order valence-corrected chi connectivity index (χ0v) is 11.2. The Morgan fingerprint density at radius 3 is 1.81 bits per heavy atom. The van der Waals surface area contributed by atoms with Crippen LogP contribution in [0.1, 0.15) is 54.4 Å². The molecule has 0 aliphatic rings. The van der Waals surface area contributed by atoms with Crippen molar-refractivity contribution < 1.29 is 19.4 Å². The molecule has 0 bridgehead atoms. The van der Waals surface area contributed by atoms with Crippen LogP contribution in [0.2, 0.25) is 0 Å². The number of hydrogen-bond acceptors (Lipinski definition) is 3. The van der Waals surface area contributed by atoms with Crippen LogP contribution in [0.15, 0.2) is 0 Å². The predicted molar refractivity (Wildman–Crippen MR) is 63.2 cm³/mol. The molecule has 4 nitrogen and oxygen atoms in total. The van der Waals surface area contributed by atoms with Gasteiger partial charge in [-0.1, -0.05) is 27.7 Å². The summed E-state index contributed by atoms with van der Waals surface area (Å²) in [6, 6.07) is 0. The number of carbonyl (C=O) groups is 2. The van der Waals surface area contributed by atoms with Crippen molar-refractivity contribution >= 4 is 11.9 Å². The average Bonchev–Trinajstić information content (AvgIpc) is 2.12. The normalized spacial score (nSPS) is 12.1. The fourth-order valence-electron chi connectivity index (χ4n) is 1.22. The molecule has 1 atom stereocenters. The molecule has 0 saturated carbocycles. The third-order valence-corrected chi connectivity index (χ3v) is 2.46. The zero-order chi connectivity index (χ0) is 13.4. The summed E-state index contributed by atoms with van der Waals surface area (Å²) in [6.07, 6.45) is 1.97. The van der Waals surface area contributed by atoms with Crippen molar-refractivity contribution in [1.82, 2.24) is 0 Å². The van der Waals surface area contributed by atoms with Gasteiger partial charge in [-0.25, -0.2) is 0 Å². The van der Waals surface area contributed by atoms with Crippen molar-refractivity contribution in [2.24, 2.45) is 5.41 Å². The molecule has 0 spiro atoms. The number of esters is 1. The fourth-order valence-corrected chi connectivity index (χ4v) is 1.22. The van der Waals surface area contributed by atoms with E-state index in [2.05, 4.69) is 20.8 Å². The first kappa shape index (κ1) is 17.3. The Hall–Kier alpha value is -1.06. The maximum atomic E-state index is 10.8. The molecule has 0 aromatic carbocycles. The number of carboxylic acid groups (broad SMARTS) is 1. The average molecular weight is 232 g/mol. The predicted octanol–water partition coefficient (Wildman–Crippen LogP) is 2.86. The molecule has 1 N–H and O–H groups in total. The molecule has 0 aromatic rings. The Kier molecular flexibility index (Phi) is 8.81. The molecule has 0 aliphatic carbocycles. The van der Waals surface area contributed by atoms with E-state index in [4.69, 9.17) is 14.6 Å². The van der Waals surface area contributed by atoms with Gasteiger partial charge in [-0.2, -0.15) is 0 Å².